The Hall–Kier alpha value is -2.95. The number of β-amino-alcohol motifs (C(OH)–C–C–N with tert-alkyl or cyclic N) is 1. The van der Waals surface area contributed by atoms with Gasteiger partial charge in [0.15, 0.2) is 0 Å². The number of nitrogens with zero attached hydrogens (tertiary/aromatic N) is 2. The van der Waals surface area contributed by atoms with E-state index >= 15 is 0 Å². The standard InChI is InChI=1S/C26H28F7N3O5S/c1-23(38)14-35(2)13-21(23)34-22(37)12-18-7-3-15-11-16(24(39,25(28,29)30)26(31,32)33)4-10-20(15)36(18)42(40,41)19-8-5-17(27)6-9-19/h4-6,8-11,18,21,38-39H,3,7,12-14H2,1-2H3,(H,34,37)/t18-,21+,23+/m0/s1. The summed E-state index contributed by atoms with van der Waals surface area (Å²) in [6, 6.07) is 3.23. The van der Waals surface area contributed by atoms with Crippen LogP contribution in [-0.4, -0.2) is 79.6 Å². The molecule has 3 atom stereocenters. The van der Waals surface area contributed by atoms with E-state index in [-0.39, 0.29) is 30.6 Å². The summed E-state index contributed by atoms with van der Waals surface area (Å²) in [6.45, 7) is 2.07. The van der Waals surface area contributed by atoms with Crippen LogP contribution in [0.2, 0.25) is 0 Å². The van der Waals surface area contributed by atoms with Crippen LogP contribution in [0, 0.1) is 5.82 Å². The van der Waals surface area contributed by atoms with Crippen LogP contribution in [0.25, 0.3) is 0 Å². The number of rotatable bonds is 6. The Balaban J connectivity index is 1.76. The third-order valence-electron chi connectivity index (χ3n) is 7.60. The van der Waals surface area contributed by atoms with E-state index in [1.54, 1.807) is 11.9 Å². The van der Waals surface area contributed by atoms with Gasteiger partial charge in [0.05, 0.1) is 28.3 Å². The van der Waals surface area contributed by atoms with Gasteiger partial charge in [-0.05, 0) is 62.7 Å². The predicted molar refractivity (Wildman–Crippen MR) is 135 cm³/mol. The van der Waals surface area contributed by atoms with Crippen molar-refractivity contribution in [3.8, 4) is 0 Å². The molecule has 1 amide bonds. The van der Waals surface area contributed by atoms with Crippen molar-refractivity contribution in [2.45, 2.75) is 66.7 Å². The van der Waals surface area contributed by atoms with Crippen molar-refractivity contribution >= 4 is 21.6 Å². The van der Waals surface area contributed by atoms with Crippen molar-refractivity contribution in [3.63, 3.8) is 0 Å². The average molecular weight is 628 g/mol. The Morgan fingerprint density at radius 2 is 1.67 bits per heavy atom. The molecule has 0 unspecified atom stereocenters. The van der Waals surface area contributed by atoms with E-state index in [0.29, 0.717) is 18.7 Å². The van der Waals surface area contributed by atoms with Crippen molar-refractivity contribution in [2.75, 3.05) is 24.4 Å². The number of aliphatic hydroxyl groups is 2. The van der Waals surface area contributed by atoms with Crippen LogP contribution >= 0.6 is 0 Å². The molecule has 2 heterocycles. The second-order valence-corrected chi connectivity index (χ2v) is 12.7. The zero-order valence-electron chi connectivity index (χ0n) is 22.3. The molecule has 42 heavy (non-hydrogen) atoms. The minimum Gasteiger partial charge on any atom is -0.387 e. The molecule has 0 aliphatic carbocycles. The Morgan fingerprint density at radius 1 is 1.07 bits per heavy atom. The molecule has 2 aliphatic heterocycles. The molecule has 1 fully saturated rings. The van der Waals surface area contributed by atoms with E-state index in [4.69, 9.17) is 0 Å². The van der Waals surface area contributed by atoms with E-state index in [0.717, 1.165) is 34.6 Å². The highest BCUT2D eigenvalue weighted by molar-refractivity contribution is 7.92. The van der Waals surface area contributed by atoms with Crippen molar-refractivity contribution in [1.82, 2.24) is 10.2 Å². The highest BCUT2D eigenvalue weighted by Gasteiger charge is 2.71. The Bertz CT molecular complexity index is 1430. The lowest BCUT2D eigenvalue weighted by molar-refractivity contribution is -0.376. The number of anilines is 1. The zero-order valence-corrected chi connectivity index (χ0v) is 23.1. The lowest BCUT2D eigenvalue weighted by Gasteiger charge is -2.39. The van der Waals surface area contributed by atoms with E-state index in [1.807, 2.05) is 0 Å². The molecule has 0 aromatic heterocycles. The summed E-state index contributed by atoms with van der Waals surface area (Å²) < 4.78 is 123. The first-order chi connectivity index (χ1) is 19.2. The number of fused-ring (bicyclic) bond motifs is 1. The van der Waals surface area contributed by atoms with Gasteiger partial charge in [0.1, 0.15) is 5.82 Å². The third-order valence-corrected chi connectivity index (χ3v) is 9.48. The van der Waals surface area contributed by atoms with Gasteiger partial charge in [0, 0.05) is 25.1 Å². The first-order valence-electron chi connectivity index (χ1n) is 12.7. The normalized spacial score (nSPS) is 24.0. The number of hydrogen-bond donors (Lipinski definition) is 3. The molecular weight excluding hydrogens is 599 g/mol. The van der Waals surface area contributed by atoms with Gasteiger partial charge in [0.25, 0.3) is 15.6 Å². The fourth-order valence-corrected chi connectivity index (χ4v) is 7.20. The van der Waals surface area contributed by atoms with Crippen molar-refractivity contribution in [2.24, 2.45) is 0 Å². The van der Waals surface area contributed by atoms with Gasteiger partial charge in [-0.3, -0.25) is 9.10 Å². The number of likely N-dealkylation sites (tertiary alicyclic amines) is 1. The Morgan fingerprint density at radius 3 is 2.19 bits per heavy atom. The first kappa shape index (κ1) is 32.0. The van der Waals surface area contributed by atoms with Crippen LogP contribution in [-0.2, 0) is 26.8 Å². The summed E-state index contributed by atoms with van der Waals surface area (Å²) in [6.07, 6.45) is -13.2. The molecule has 4 rings (SSSR count). The third kappa shape index (κ3) is 5.68. The summed E-state index contributed by atoms with van der Waals surface area (Å²) in [5.41, 5.74) is -8.61. The van der Waals surface area contributed by atoms with Gasteiger partial charge < -0.3 is 20.4 Å². The minimum absolute atomic E-state index is 0.193. The number of nitrogens with one attached hydrogen (secondary N) is 1. The largest absolute Gasteiger partial charge is 0.430 e. The quantitative estimate of drug-likeness (QED) is 0.425. The number of halogens is 7. The maximum Gasteiger partial charge on any atom is 0.430 e. The van der Waals surface area contributed by atoms with Gasteiger partial charge in [-0.25, -0.2) is 12.8 Å². The van der Waals surface area contributed by atoms with Crippen molar-refractivity contribution < 1.29 is 54.2 Å². The number of sulfonamides is 1. The van der Waals surface area contributed by atoms with Gasteiger partial charge in [-0.15, -0.1) is 0 Å². The second-order valence-electron chi connectivity index (χ2n) is 10.9. The summed E-state index contributed by atoms with van der Waals surface area (Å²) in [7, 11) is -2.90. The number of alkyl halides is 6. The molecule has 16 heteroatoms. The fraction of sp³-hybridized carbons (Fsp3) is 0.500. The number of benzene rings is 2. The molecule has 0 spiro atoms. The summed E-state index contributed by atoms with van der Waals surface area (Å²) in [5.74, 6) is -1.41. The highest BCUT2D eigenvalue weighted by Crippen LogP contribution is 2.51. The van der Waals surface area contributed by atoms with E-state index < -0.39 is 74.3 Å². The summed E-state index contributed by atoms with van der Waals surface area (Å²) in [4.78, 5) is 14.4. The molecule has 8 nitrogen and oxygen atoms in total. The fourth-order valence-electron chi connectivity index (χ4n) is 5.48. The highest BCUT2D eigenvalue weighted by atomic mass is 32.2. The number of likely N-dealkylation sites (N-methyl/N-ethyl adjacent to an activating group) is 1. The van der Waals surface area contributed by atoms with Crippen LogP contribution in [0.5, 0.6) is 0 Å². The van der Waals surface area contributed by atoms with E-state index in [9.17, 15) is 54.2 Å². The zero-order chi connectivity index (χ0) is 31.5. The van der Waals surface area contributed by atoms with Gasteiger partial charge >= 0.3 is 12.4 Å². The predicted octanol–water partition coefficient (Wildman–Crippen LogP) is 3.22. The monoisotopic (exact) mass is 627 g/mol. The number of amides is 1. The van der Waals surface area contributed by atoms with Gasteiger partial charge in [-0.2, -0.15) is 26.3 Å². The van der Waals surface area contributed by atoms with Crippen LogP contribution in [0.4, 0.5) is 36.4 Å². The first-order valence-corrected chi connectivity index (χ1v) is 14.1. The molecule has 232 valence electrons. The SMILES string of the molecule is CN1C[C@@H](NC(=O)C[C@@H]2CCc3cc(C(O)(C(F)(F)F)C(F)(F)F)ccc3N2S(=O)(=O)c2ccc(F)cc2)[C@](C)(O)C1. The summed E-state index contributed by atoms with van der Waals surface area (Å²) in [5, 5.41) is 23.1. The number of carbonyl (C=O) groups excluding carboxylic acids is 1. The molecule has 2 aromatic rings. The molecule has 1 saturated heterocycles. The second kappa shape index (κ2) is 10.6. The minimum atomic E-state index is -6.15. The number of carbonyl (C=O) groups is 1. The van der Waals surface area contributed by atoms with Crippen LogP contribution < -0.4 is 9.62 Å². The van der Waals surface area contributed by atoms with Gasteiger partial charge in [-0.1, -0.05) is 12.1 Å². The maximum atomic E-state index is 13.8. The van der Waals surface area contributed by atoms with E-state index in [1.165, 1.54) is 6.92 Å². The molecule has 2 aliphatic rings. The topological polar surface area (TPSA) is 110 Å². The lowest BCUT2D eigenvalue weighted by Crippen LogP contribution is -2.54. The number of hydrogen-bond acceptors (Lipinski definition) is 6. The number of aryl methyl sites for hydroxylation is 1. The van der Waals surface area contributed by atoms with Crippen molar-refractivity contribution in [3.05, 3.63) is 59.4 Å². The maximum absolute atomic E-state index is 13.8. The molecule has 3 N–H and O–H groups in total. The van der Waals surface area contributed by atoms with Crippen molar-refractivity contribution in [1.29, 1.82) is 0 Å². The molecule has 0 radical (unpaired) electrons. The molecular formula is C26H28F7N3O5S. The molecule has 0 saturated carbocycles. The lowest BCUT2D eigenvalue weighted by atomic mass is 9.87. The Labute approximate surface area is 236 Å². The Kier molecular flexibility index (Phi) is 8.10. The van der Waals surface area contributed by atoms with Crippen LogP contribution in [0.15, 0.2) is 47.4 Å². The smallest absolute Gasteiger partial charge is 0.387 e. The molecule has 0 bridgehead atoms. The van der Waals surface area contributed by atoms with E-state index in [2.05, 4.69) is 5.32 Å². The van der Waals surface area contributed by atoms with Gasteiger partial charge in [0.2, 0.25) is 5.91 Å². The summed E-state index contributed by atoms with van der Waals surface area (Å²) >= 11 is 0. The van der Waals surface area contributed by atoms with Crippen LogP contribution in [0.1, 0.15) is 30.9 Å². The van der Waals surface area contributed by atoms with Crippen LogP contribution in [0.3, 0.4) is 0 Å². The average Bonchev–Trinajstić information content (AvgIpc) is 3.11. The molecule has 2 aromatic carbocycles.